The fourth-order valence-electron chi connectivity index (χ4n) is 6.98. The summed E-state index contributed by atoms with van der Waals surface area (Å²) in [6, 6.07) is -2.33. The zero-order valence-corrected chi connectivity index (χ0v) is 32.5. The molecule has 0 aliphatic heterocycles. The maximum atomic E-state index is 12.5. The Morgan fingerprint density at radius 3 is 1.46 bits per heavy atom. The van der Waals surface area contributed by atoms with Gasteiger partial charge in [0.05, 0.1) is 6.04 Å². The zero-order chi connectivity index (χ0) is 38.0. The van der Waals surface area contributed by atoms with Gasteiger partial charge in [-0.1, -0.05) is 95.1 Å². The van der Waals surface area contributed by atoms with Gasteiger partial charge in [-0.3, -0.25) is 9.59 Å². The molecular weight excluding hydrogens is 660 g/mol. The fourth-order valence-corrected chi connectivity index (χ4v) is 6.98. The zero-order valence-electron chi connectivity index (χ0n) is 32.5. The lowest BCUT2D eigenvalue weighted by molar-refractivity contribution is -0.140. The molecule has 2 fully saturated rings. The summed E-state index contributed by atoms with van der Waals surface area (Å²) in [5.74, 6) is -2.33. The van der Waals surface area contributed by atoms with Crippen LogP contribution in [0.5, 0.6) is 0 Å². The van der Waals surface area contributed by atoms with E-state index in [4.69, 9.17) is 5.21 Å². The number of carbonyl (C=O) groups is 4. The number of ketones is 1. The third kappa shape index (κ3) is 19.2. The second-order valence-electron chi connectivity index (χ2n) is 15.1. The molecule has 1 amide bonds. The minimum absolute atomic E-state index is 0.0380. The van der Waals surface area contributed by atoms with Crippen molar-refractivity contribution in [1.29, 1.82) is 0 Å². The standard InChI is InChI=1S/C41H72N4O7/c1-3-4-5-6-7-8-9-10-11-12-13-14-15-25-35(32-20-18-21-32)43-37(40(48)49)27-26-36(33-22-19-23-33)44-38(41(50)51)28-29-39(47)42-30-17-16-24-34(45-52)31(2)46/h34,37-38,43-45,52H,3-30H2,1-2H3,(H,42,47)(H,48,49)(H,50,51). The molecule has 298 valence electrons. The van der Waals surface area contributed by atoms with Crippen molar-refractivity contribution in [2.75, 3.05) is 6.54 Å². The number of Topliss-reactive ketones (excluding diaryl/α,β-unsaturated/α-hetero) is 1. The molecule has 0 bridgehead atoms. The fraction of sp³-hybridized carbons (Fsp3) is 0.805. The predicted molar refractivity (Wildman–Crippen MR) is 206 cm³/mol. The highest BCUT2D eigenvalue weighted by molar-refractivity contribution is 5.81. The summed E-state index contributed by atoms with van der Waals surface area (Å²) in [5.41, 5.74) is 6.40. The van der Waals surface area contributed by atoms with E-state index in [2.05, 4.69) is 22.9 Å². The second kappa shape index (κ2) is 27.7. The maximum Gasteiger partial charge on any atom is 0.326 e. The molecule has 11 heteroatoms. The van der Waals surface area contributed by atoms with Crippen molar-refractivity contribution in [2.24, 2.45) is 0 Å². The molecule has 3 atom stereocenters. The van der Waals surface area contributed by atoms with Crippen LogP contribution in [0.15, 0.2) is 22.5 Å². The number of aliphatic carboxylic acids is 2. The first-order valence-corrected chi connectivity index (χ1v) is 20.7. The van der Waals surface area contributed by atoms with Crippen LogP contribution in [-0.2, 0) is 19.2 Å². The lowest BCUT2D eigenvalue weighted by Gasteiger charge is -2.29. The van der Waals surface area contributed by atoms with Crippen molar-refractivity contribution in [3.8, 4) is 0 Å². The lowest BCUT2D eigenvalue weighted by Crippen LogP contribution is -2.40. The van der Waals surface area contributed by atoms with E-state index in [1.165, 1.54) is 83.1 Å². The highest BCUT2D eigenvalue weighted by Gasteiger charge is 2.26. The number of hydrogen-bond acceptors (Lipinski definition) is 8. The number of allylic oxidation sites excluding steroid dienone is 4. The Hall–Kier alpha value is -2.92. The van der Waals surface area contributed by atoms with Crippen molar-refractivity contribution in [3.05, 3.63) is 22.5 Å². The summed E-state index contributed by atoms with van der Waals surface area (Å²) in [6.07, 6.45) is 26.4. The van der Waals surface area contributed by atoms with E-state index in [0.717, 1.165) is 74.8 Å². The number of unbranched alkanes of at least 4 members (excludes halogenated alkanes) is 13. The molecule has 0 aromatic carbocycles. The van der Waals surface area contributed by atoms with E-state index in [1.807, 2.05) is 5.48 Å². The number of rotatable bonds is 33. The third-order valence-electron chi connectivity index (χ3n) is 10.8. The van der Waals surface area contributed by atoms with E-state index in [-0.39, 0.29) is 24.5 Å². The SMILES string of the molecule is CCCCCCCCCCCCCCCC(NC(CCC(NC(CCC(=O)NCCCCC(NO)C(C)=O)C(=O)O)=C1CCC1)C(=O)O)=C1CCC1. The van der Waals surface area contributed by atoms with Gasteiger partial charge in [0, 0.05) is 24.4 Å². The van der Waals surface area contributed by atoms with Gasteiger partial charge in [-0.15, -0.1) is 0 Å². The normalized spacial score (nSPS) is 15.5. The molecule has 11 nitrogen and oxygen atoms in total. The first kappa shape index (κ1) is 45.2. The Bertz CT molecular complexity index is 1130. The van der Waals surface area contributed by atoms with Gasteiger partial charge in [0.1, 0.15) is 17.9 Å². The third-order valence-corrected chi connectivity index (χ3v) is 10.8. The van der Waals surface area contributed by atoms with Crippen LogP contribution in [0.1, 0.15) is 187 Å². The molecule has 2 aliphatic carbocycles. The number of carbonyl (C=O) groups excluding carboxylic acids is 2. The number of hydrogen-bond donors (Lipinski definition) is 7. The van der Waals surface area contributed by atoms with Gasteiger partial charge < -0.3 is 31.4 Å². The summed E-state index contributed by atoms with van der Waals surface area (Å²) in [6.45, 7) is 4.06. The van der Waals surface area contributed by atoms with Crippen LogP contribution in [-0.4, -0.2) is 63.7 Å². The molecule has 2 saturated carbocycles. The number of amides is 1. The molecule has 0 radical (unpaired) electrons. The molecule has 0 spiro atoms. The van der Waals surface area contributed by atoms with Crippen molar-refractivity contribution < 1.29 is 34.6 Å². The molecule has 52 heavy (non-hydrogen) atoms. The summed E-state index contributed by atoms with van der Waals surface area (Å²) in [5, 5.41) is 38.6. The average molecular weight is 733 g/mol. The van der Waals surface area contributed by atoms with Gasteiger partial charge >= 0.3 is 11.9 Å². The first-order valence-electron chi connectivity index (χ1n) is 20.7. The van der Waals surface area contributed by atoms with Gasteiger partial charge in [0.15, 0.2) is 0 Å². The van der Waals surface area contributed by atoms with Gasteiger partial charge in [-0.2, -0.15) is 5.48 Å². The average Bonchev–Trinajstić information content (AvgIpc) is 3.05. The van der Waals surface area contributed by atoms with Crippen LogP contribution in [0.2, 0.25) is 0 Å². The largest absolute Gasteiger partial charge is 0.480 e. The number of nitrogens with one attached hydrogen (secondary N) is 4. The molecule has 0 aromatic rings. The summed E-state index contributed by atoms with van der Waals surface area (Å²) < 4.78 is 0. The Morgan fingerprint density at radius 2 is 1.04 bits per heavy atom. The van der Waals surface area contributed by atoms with Gasteiger partial charge in [0.25, 0.3) is 0 Å². The molecular formula is C41H72N4O7. The van der Waals surface area contributed by atoms with Crippen LogP contribution in [0.3, 0.4) is 0 Å². The van der Waals surface area contributed by atoms with E-state index in [9.17, 15) is 29.4 Å². The van der Waals surface area contributed by atoms with E-state index in [0.29, 0.717) is 38.6 Å². The van der Waals surface area contributed by atoms with Gasteiger partial charge in [0.2, 0.25) is 5.91 Å². The first-order chi connectivity index (χ1) is 25.2. The Labute approximate surface area is 313 Å². The van der Waals surface area contributed by atoms with Crippen LogP contribution in [0, 0.1) is 0 Å². The molecule has 7 N–H and O–H groups in total. The van der Waals surface area contributed by atoms with E-state index in [1.54, 1.807) is 0 Å². The minimum atomic E-state index is -1.04. The van der Waals surface area contributed by atoms with Gasteiger partial charge in [-0.05, 0) is 96.8 Å². The number of carboxylic acid groups (broad SMARTS) is 2. The topological polar surface area (TPSA) is 177 Å². The van der Waals surface area contributed by atoms with E-state index < -0.39 is 30.1 Å². The quantitative estimate of drug-likeness (QED) is 0.0257. The van der Waals surface area contributed by atoms with E-state index >= 15 is 0 Å². The molecule has 0 saturated heterocycles. The summed E-state index contributed by atoms with van der Waals surface area (Å²) in [7, 11) is 0. The minimum Gasteiger partial charge on any atom is -0.480 e. The second-order valence-corrected chi connectivity index (χ2v) is 15.1. The molecule has 0 aromatic heterocycles. The lowest BCUT2D eigenvalue weighted by atomic mass is 9.87. The van der Waals surface area contributed by atoms with Crippen molar-refractivity contribution in [1.82, 2.24) is 21.4 Å². The number of hydroxylamine groups is 1. The molecule has 0 heterocycles. The van der Waals surface area contributed by atoms with Crippen LogP contribution in [0.25, 0.3) is 0 Å². The molecule has 2 rings (SSSR count). The summed E-state index contributed by atoms with van der Waals surface area (Å²) >= 11 is 0. The van der Waals surface area contributed by atoms with Crippen molar-refractivity contribution in [2.45, 2.75) is 205 Å². The smallest absolute Gasteiger partial charge is 0.326 e. The van der Waals surface area contributed by atoms with Crippen molar-refractivity contribution >= 4 is 23.6 Å². The Balaban J connectivity index is 1.79. The highest BCUT2D eigenvalue weighted by atomic mass is 16.5. The van der Waals surface area contributed by atoms with Crippen LogP contribution >= 0.6 is 0 Å². The predicted octanol–water partition coefficient (Wildman–Crippen LogP) is 8.21. The summed E-state index contributed by atoms with van der Waals surface area (Å²) in [4.78, 5) is 48.5. The number of carboxylic acids is 2. The monoisotopic (exact) mass is 733 g/mol. The maximum absolute atomic E-state index is 12.5. The molecule has 3 unspecified atom stereocenters. The van der Waals surface area contributed by atoms with Gasteiger partial charge in [-0.25, -0.2) is 9.59 Å². The molecule has 2 aliphatic rings. The Kier molecular flexibility index (Phi) is 24.1. The van der Waals surface area contributed by atoms with Crippen LogP contribution < -0.4 is 21.4 Å². The van der Waals surface area contributed by atoms with Crippen molar-refractivity contribution in [3.63, 3.8) is 0 Å². The Morgan fingerprint density at radius 1 is 0.577 bits per heavy atom. The van der Waals surface area contributed by atoms with Crippen LogP contribution in [0.4, 0.5) is 0 Å². The highest BCUT2D eigenvalue weighted by Crippen LogP contribution is 2.32.